The molecule has 5 rings (SSSR count). The molecular formula is C24H37N3O2. The van der Waals surface area contributed by atoms with E-state index in [1.807, 2.05) is 0 Å². The lowest BCUT2D eigenvalue weighted by molar-refractivity contribution is -0.133. The number of hydrogen-bond donors (Lipinski definition) is 1. The van der Waals surface area contributed by atoms with Crippen molar-refractivity contribution in [1.29, 1.82) is 0 Å². The van der Waals surface area contributed by atoms with Gasteiger partial charge in [0.1, 0.15) is 6.54 Å². The summed E-state index contributed by atoms with van der Waals surface area (Å²) in [6.45, 7) is 4.95. The van der Waals surface area contributed by atoms with E-state index in [0.717, 1.165) is 49.4 Å². The van der Waals surface area contributed by atoms with Gasteiger partial charge in [-0.1, -0.05) is 19.1 Å². The maximum absolute atomic E-state index is 13.1. The first-order valence-electron chi connectivity index (χ1n) is 12.0. The van der Waals surface area contributed by atoms with Crippen LogP contribution in [0.25, 0.3) is 0 Å². The number of aromatic nitrogens is 3. The van der Waals surface area contributed by atoms with Crippen LogP contribution in [0.2, 0.25) is 0 Å². The first-order valence-corrected chi connectivity index (χ1v) is 12.0. The molecule has 4 saturated carbocycles. The second-order valence-corrected chi connectivity index (χ2v) is 11.0. The average molecular weight is 400 g/mol. The lowest BCUT2D eigenvalue weighted by Crippen LogP contribution is -2.51. The molecule has 5 nitrogen and oxygen atoms in total. The van der Waals surface area contributed by atoms with E-state index in [1.165, 1.54) is 38.5 Å². The first kappa shape index (κ1) is 19.7. The largest absolute Gasteiger partial charge is 0.390 e. The Balaban J connectivity index is 1.31. The minimum atomic E-state index is -0.399. The van der Waals surface area contributed by atoms with Crippen molar-refractivity contribution in [3.05, 3.63) is 12.4 Å². The van der Waals surface area contributed by atoms with E-state index in [4.69, 9.17) is 0 Å². The van der Waals surface area contributed by atoms with Crippen molar-refractivity contribution >= 4 is 5.78 Å². The normalized spacial score (nSPS) is 46.6. The molecule has 5 heteroatoms. The van der Waals surface area contributed by atoms with E-state index in [1.54, 1.807) is 17.1 Å². The molecule has 1 aromatic heterocycles. The molecule has 160 valence electrons. The Hall–Kier alpha value is -1.23. The quantitative estimate of drug-likeness (QED) is 0.821. The number of carbonyl (C=O) groups is 1. The molecule has 0 saturated heterocycles. The Kier molecular flexibility index (Phi) is 4.88. The standard InChI is InChI=1S/C24H37N3O2/c1-3-24(29)11-9-17-16(14-24)4-5-19-18(17)8-10-23(2)20(19)6-7-21(23)22(28)15-27-13-12-25-26-27/h12-13,16-21,29H,3-11,14-15H2,1-2H3/t16-,17-,18+,19?,20-,21+,23-,24+/m0/s1. The first-order chi connectivity index (χ1) is 13.9. The molecule has 1 unspecified atom stereocenters. The van der Waals surface area contributed by atoms with Gasteiger partial charge < -0.3 is 5.11 Å². The summed E-state index contributed by atoms with van der Waals surface area (Å²) >= 11 is 0. The molecule has 1 aromatic rings. The predicted octanol–water partition coefficient (Wildman–Crippen LogP) is 4.26. The van der Waals surface area contributed by atoms with Crippen LogP contribution in [0.4, 0.5) is 0 Å². The predicted molar refractivity (Wildman–Crippen MR) is 111 cm³/mol. The molecule has 4 aliphatic rings. The summed E-state index contributed by atoms with van der Waals surface area (Å²) in [6, 6.07) is 0. The van der Waals surface area contributed by atoms with Crippen molar-refractivity contribution in [2.45, 2.75) is 90.2 Å². The van der Waals surface area contributed by atoms with Crippen LogP contribution in [0.15, 0.2) is 12.4 Å². The third-order valence-electron chi connectivity index (χ3n) is 9.94. The van der Waals surface area contributed by atoms with Gasteiger partial charge in [-0.25, -0.2) is 4.68 Å². The number of ketones is 1. The fourth-order valence-corrected chi connectivity index (χ4v) is 8.40. The van der Waals surface area contributed by atoms with E-state index >= 15 is 0 Å². The lowest BCUT2D eigenvalue weighted by atomic mass is 9.48. The zero-order chi connectivity index (χ0) is 20.2. The number of nitrogens with zero attached hydrogens (tertiary/aromatic N) is 3. The Morgan fingerprint density at radius 2 is 1.93 bits per heavy atom. The second kappa shape index (κ2) is 7.18. The monoisotopic (exact) mass is 399 g/mol. The number of carbonyl (C=O) groups excluding carboxylic acids is 1. The number of Topliss-reactive ketones (excluding diaryl/α,β-unsaturated/α-hetero) is 1. The molecule has 4 fully saturated rings. The van der Waals surface area contributed by atoms with Crippen molar-refractivity contribution in [1.82, 2.24) is 15.0 Å². The van der Waals surface area contributed by atoms with Crippen molar-refractivity contribution in [2.24, 2.45) is 40.9 Å². The molecule has 0 bridgehead atoms. The summed E-state index contributed by atoms with van der Waals surface area (Å²) in [5.74, 6) is 4.42. The fourth-order valence-electron chi connectivity index (χ4n) is 8.40. The van der Waals surface area contributed by atoms with E-state index in [9.17, 15) is 9.90 Å². The lowest BCUT2D eigenvalue weighted by Gasteiger charge is -2.57. The minimum absolute atomic E-state index is 0.171. The van der Waals surface area contributed by atoms with Gasteiger partial charge in [0.05, 0.1) is 11.8 Å². The molecule has 0 spiro atoms. The second-order valence-electron chi connectivity index (χ2n) is 11.0. The van der Waals surface area contributed by atoms with Crippen LogP contribution in [-0.2, 0) is 11.3 Å². The van der Waals surface area contributed by atoms with Gasteiger partial charge in [0, 0.05) is 12.1 Å². The Labute approximate surface area is 174 Å². The summed E-state index contributed by atoms with van der Waals surface area (Å²) in [5.41, 5.74) is -0.228. The summed E-state index contributed by atoms with van der Waals surface area (Å²) < 4.78 is 1.69. The molecule has 0 radical (unpaired) electrons. The summed E-state index contributed by atoms with van der Waals surface area (Å²) in [4.78, 5) is 13.1. The molecule has 0 aromatic carbocycles. The topological polar surface area (TPSA) is 68.0 Å². The van der Waals surface area contributed by atoms with E-state index in [0.29, 0.717) is 18.2 Å². The fraction of sp³-hybridized carbons (Fsp3) is 0.875. The van der Waals surface area contributed by atoms with E-state index < -0.39 is 5.60 Å². The zero-order valence-corrected chi connectivity index (χ0v) is 18.1. The summed E-state index contributed by atoms with van der Waals surface area (Å²) in [5, 5.41) is 18.7. The van der Waals surface area contributed by atoms with Gasteiger partial charge in [0.2, 0.25) is 0 Å². The molecule has 0 amide bonds. The Bertz CT molecular complexity index is 749. The van der Waals surface area contributed by atoms with Gasteiger partial charge >= 0.3 is 0 Å². The van der Waals surface area contributed by atoms with Crippen molar-refractivity contribution < 1.29 is 9.90 Å². The van der Waals surface area contributed by atoms with Crippen LogP contribution in [-0.4, -0.2) is 31.5 Å². The van der Waals surface area contributed by atoms with E-state index in [2.05, 4.69) is 24.2 Å². The smallest absolute Gasteiger partial charge is 0.157 e. The maximum atomic E-state index is 13.1. The van der Waals surface area contributed by atoms with Crippen LogP contribution in [0.3, 0.4) is 0 Å². The van der Waals surface area contributed by atoms with Crippen LogP contribution in [0, 0.1) is 40.9 Å². The third-order valence-corrected chi connectivity index (χ3v) is 9.94. The Morgan fingerprint density at radius 3 is 2.69 bits per heavy atom. The maximum Gasteiger partial charge on any atom is 0.157 e. The van der Waals surface area contributed by atoms with E-state index in [-0.39, 0.29) is 11.3 Å². The van der Waals surface area contributed by atoms with Crippen molar-refractivity contribution in [3.8, 4) is 0 Å². The van der Waals surface area contributed by atoms with Gasteiger partial charge in [0.25, 0.3) is 0 Å². The highest BCUT2D eigenvalue weighted by Crippen LogP contribution is 2.64. The minimum Gasteiger partial charge on any atom is -0.390 e. The van der Waals surface area contributed by atoms with Gasteiger partial charge in [-0.2, -0.15) is 0 Å². The summed E-state index contributed by atoms with van der Waals surface area (Å²) in [6.07, 6.45) is 15.0. The van der Waals surface area contributed by atoms with Gasteiger partial charge in [-0.15, -0.1) is 5.10 Å². The number of fused-ring (bicyclic) bond motifs is 5. The average Bonchev–Trinajstić information content (AvgIpc) is 3.34. The molecule has 0 aliphatic heterocycles. The molecular weight excluding hydrogens is 362 g/mol. The Morgan fingerprint density at radius 1 is 1.10 bits per heavy atom. The molecule has 1 heterocycles. The zero-order valence-electron chi connectivity index (χ0n) is 18.1. The van der Waals surface area contributed by atoms with Crippen molar-refractivity contribution in [3.63, 3.8) is 0 Å². The molecule has 1 N–H and O–H groups in total. The van der Waals surface area contributed by atoms with Crippen molar-refractivity contribution in [2.75, 3.05) is 0 Å². The number of aliphatic hydroxyl groups is 1. The molecule has 4 aliphatic carbocycles. The third kappa shape index (κ3) is 3.19. The van der Waals surface area contributed by atoms with Crippen LogP contribution >= 0.6 is 0 Å². The van der Waals surface area contributed by atoms with Crippen LogP contribution in [0.5, 0.6) is 0 Å². The molecule has 8 atom stereocenters. The molecule has 29 heavy (non-hydrogen) atoms. The summed E-state index contributed by atoms with van der Waals surface area (Å²) in [7, 11) is 0. The number of rotatable bonds is 4. The highest BCUT2D eigenvalue weighted by atomic mass is 16.3. The van der Waals surface area contributed by atoms with Crippen LogP contribution < -0.4 is 0 Å². The number of hydrogen-bond acceptors (Lipinski definition) is 4. The van der Waals surface area contributed by atoms with Crippen LogP contribution in [0.1, 0.15) is 78.1 Å². The highest BCUT2D eigenvalue weighted by molar-refractivity contribution is 5.82. The highest BCUT2D eigenvalue weighted by Gasteiger charge is 2.58. The SMILES string of the molecule is CC[C@@]1(O)CC[C@H]2[C@@H](CCC3[C@@H]2CC[C@]2(C)[C@@H](C(=O)Cn4ccnn4)CC[C@@H]32)C1. The van der Waals surface area contributed by atoms with Gasteiger partial charge in [-0.05, 0) is 99.2 Å². The van der Waals surface area contributed by atoms with Gasteiger partial charge in [0.15, 0.2) is 5.78 Å². The van der Waals surface area contributed by atoms with Gasteiger partial charge in [-0.3, -0.25) is 4.79 Å².